The number of ether oxygens (including phenoxy) is 2. The van der Waals surface area contributed by atoms with Crippen LogP contribution in [0.3, 0.4) is 0 Å². The number of carbonyl (C=O) groups excluding carboxylic acids is 1. The summed E-state index contributed by atoms with van der Waals surface area (Å²) in [7, 11) is 0. The molecule has 0 bridgehead atoms. The fourth-order valence-electron chi connectivity index (χ4n) is 3.23. The van der Waals surface area contributed by atoms with E-state index in [0.717, 1.165) is 22.3 Å². The van der Waals surface area contributed by atoms with E-state index in [1.165, 1.54) is 0 Å². The smallest absolute Gasteiger partial charge is 0.368 e. The van der Waals surface area contributed by atoms with Crippen LogP contribution in [0.2, 0.25) is 0 Å². The minimum Gasteiger partial charge on any atom is -0.490 e. The molecule has 1 aliphatic heterocycles. The maximum absolute atomic E-state index is 12.3. The number of benzene rings is 3. The first-order valence-electron chi connectivity index (χ1n) is 10.2. The molecule has 1 aliphatic rings. The molecule has 5 nitrogen and oxygen atoms in total. The van der Waals surface area contributed by atoms with Gasteiger partial charge in [0.2, 0.25) is 0 Å². The lowest BCUT2D eigenvalue weighted by molar-refractivity contribution is -0.136. The van der Waals surface area contributed by atoms with Crippen molar-refractivity contribution in [3.63, 3.8) is 0 Å². The highest BCUT2D eigenvalue weighted by atomic mass is 16.7. The van der Waals surface area contributed by atoms with Crippen molar-refractivity contribution < 1.29 is 19.1 Å². The fourth-order valence-corrected chi connectivity index (χ4v) is 3.23. The summed E-state index contributed by atoms with van der Waals surface area (Å²) in [6.45, 7) is 4.87. The molecule has 0 amide bonds. The molecule has 5 heteroatoms. The Kier molecular flexibility index (Phi) is 6.13. The van der Waals surface area contributed by atoms with Gasteiger partial charge in [-0.15, -0.1) is 0 Å². The van der Waals surface area contributed by atoms with Gasteiger partial charge in [0, 0.05) is 5.56 Å². The van der Waals surface area contributed by atoms with E-state index >= 15 is 0 Å². The lowest BCUT2D eigenvalue weighted by atomic mass is 9.99. The maximum Gasteiger partial charge on any atom is 0.368 e. The van der Waals surface area contributed by atoms with E-state index in [0.29, 0.717) is 36.0 Å². The van der Waals surface area contributed by atoms with Gasteiger partial charge in [0.25, 0.3) is 0 Å². The van der Waals surface area contributed by atoms with Crippen LogP contribution in [0.15, 0.2) is 83.5 Å². The van der Waals surface area contributed by atoms with Crippen LogP contribution in [0.1, 0.15) is 29.2 Å². The van der Waals surface area contributed by atoms with Crippen molar-refractivity contribution in [3.8, 4) is 11.5 Å². The Balaban J connectivity index is 1.60. The van der Waals surface area contributed by atoms with Gasteiger partial charge in [0.1, 0.15) is 12.3 Å². The van der Waals surface area contributed by atoms with E-state index < -0.39 is 5.97 Å². The molecule has 3 aromatic rings. The molecule has 0 saturated heterocycles. The third-order valence-electron chi connectivity index (χ3n) is 4.84. The van der Waals surface area contributed by atoms with Crippen LogP contribution in [0.4, 0.5) is 0 Å². The molecule has 0 spiro atoms. The third kappa shape index (κ3) is 4.83. The molecular weight excluding hydrogens is 390 g/mol. The minimum atomic E-state index is -0.474. The number of hydrogen-bond donors (Lipinski definition) is 0. The van der Waals surface area contributed by atoms with Crippen molar-refractivity contribution in [3.05, 3.63) is 101 Å². The van der Waals surface area contributed by atoms with Gasteiger partial charge in [0.15, 0.2) is 11.5 Å². The topological polar surface area (TPSA) is 57.1 Å². The van der Waals surface area contributed by atoms with Crippen LogP contribution in [-0.2, 0) is 16.2 Å². The van der Waals surface area contributed by atoms with Crippen molar-refractivity contribution in [2.45, 2.75) is 20.5 Å². The quantitative estimate of drug-likeness (QED) is 0.389. The Morgan fingerprint density at radius 3 is 2.45 bits per heavy atom. The molecule has 0 N–H and O–H groups in total. The average molecular weight is 413 g/mol. The highest BCUT2D eigenvalue weighted by Crippen LogP contribution is 2.31. The standard InChI is InChI=1S/C26H23NO4/c1-3-29-24-16-20(11-14-23(24)30-17-19-7-5-4-6-8-19)15-22-25(27-31-26(22)28)21-12-9-18(2)10-13-21/h4-16H,3,17H2,1-2H3/b22-15-. The van der Waals surface area contributed by atoms with Crippen LogP contribution in [0.25, 0.3) is 6.08 Å². The number of aryl methyl sites for hydroxylation is 1. The predicted octanol–water partition coefficient (Wildman–Crippen LogP) is 5.32. The van der Waals surface area contributed by atoms with Crippen molar-refractivity contribution >= 4 is 17.8 Å². The highest BCUT2D eigenvalue weighted by molar-refractivity contribution is 6.31. The molecular formula is C26H23NO4. The zero-order valence-electron chi connectivity index (χ0n) is 17.5. The number of carbonyl (C=O) groups is 1. The Labute approximate surface area is 181 Å². The molecule has 0 fully saturated rings. The molecule has 4 rings (SSSR count). The van der Waals surface area contributed by atoms with Gasteiger partial charge in [-0.1, -0.05) is 71.4 Å². The fraction of sp³-hybridized carbons (Fsp3) is 0.154. The summed E-state index contributed by atoms with van der Waals surface area (Å²) in [6.07, 6.45) is 1.76. The summed E-state index contributed by atoms with van der Waals surface area (Å²) in [4.78, 5) is 17.3. The first kappa shape index (κ1) is 20.4. The zero-order valence-corrected chi connectivity index (χ0v) is 17.5. The van der Waals surface area contributed by atoms with Gasteiger partial charge >= 0.3 is 5.97 Å². The zero-order chi connectivity index (χ0) is 21.6. The molecule has 0 radical (unpaired) electrons. The van der Waals surface area contributed by atoms with Crippen LogP contribution >= 0.6 is 0 Å². The molecule has 3 aromatic carbocycles. The summed E-state index contributed by atoms with van der Waals surface area (Å²) < 4.78 is 11.7. The molecule has 0 unspecified atom stereocenters. The number of hydrogen-bond acceptors (Lipinski definition) is 5. The van der Waals surface area contributed by atoms with Crippen LogP contribution < -0.4 is 9.47 Å². The maximum atomic E-state index is 12.3. The molecule has 0 saturated carbocycles. The van der Waals surface area contributed by atoms with E-state index in [9.17, 15) is 4.79 Å². The molecule has 0 aliphatic carbocycles. The minimum absolute atomic E-state index is 0.407. The van der Waals surface area contributed by atoms with Crippen molar-refractivity contribution in [1.29, 1.82) is 0 Å². The average Bonchev–Trinajstić information content (AvgIpc) is 3.15. The summed E-state index contributed by atoms with van der Waals surface area (Å²) >= 11 is 0. The monoisotopic (exact) mass is 413 g/mol. The first-order chi connectivity index (χ1) is 15.1. The lowest BCUT2D eigenvalue weighted by Gasteiger charge is -2.13. The van der Waals surface area contributed by atoms with E-state index in [1.54, 1.807) is 6.08 Å². The Bertz CT molecular complexity index is 1130. The summed E-state index contributed by atoms with van der Waals surface area (Å²) in [5.41, 5.74) is 4.76. The van der Waals surface area contributed by atoms with Gasteiger partial charge in [-0.05, 0) is 43.2 Å². The van der Waals surface area contributed by atoms with Crippen LogP contribution in [0.5, 0.6) is 11.5 Å². The van der Waals surface area contributed by atoms with Crippen LogP contribution in [-0.4, -0.2) is 18.3 Å². The Morgan fingerprint density at radius 1 is 0.935 bits per heavy atom. The van der Waals surface area contributed by atoms with Gasteiger partial charge in [-0.3, -0.25) is 0 Å². The summed E-state index contributed by atoms with van der Waals surface area (Å²) in [5.74, 6) is 0.792. The molecule has 1 heterocycles. The number of oxime groups is 1. The first-order valence-corrected chi connectivity index (χ1v) is 10.2. The van der Waals surface area contributed by atoms with E-state index in [2.05, 4.69) is 5.16 Å². The molecule has 31 heavy (non-hydrogen) atoms. The molecule has 0 atom stereocenters. The van der Waals surface area contributed by atoms with Gasteiger partial charge < -0.3 is 14.3 Å². The van der Waals surface area contributed by atoms with E-state index in [-0.39, 0.29) is 0 Å². The van der Waals surface area contributed by atoms with Gasteiger partial charge in [-0.25, -0.2) is 4.79 Å². The number of nitrogens with zero attached hydrogens (tertiary/aromatic N) is 1. The second-order valence-electron chi connectivity index (χ2n) is 7.16. The summed E-state index contributed by atoms with van der Waals surface area (Å²) in [6, 6.07) is 23.3. The van der Waals surface area contributed by atoms with E-state index in [4.69, 9.17) is 14.3 Å². The predicted molar refractivity (Wildman–Crippen MR) is 120 cm³/mol. The Hall–Kier alpha value is -3.86. The van der Waals surface area contributed by atoms with Crippen molar-refractivity contribution in [2.75, 3.05) is 6.61 Å². The largest absolute Gasteiger partial charge is 0.490 e. The van der Waals surface area contributed by atoms with Crippen molar-refractivity contribution in [1.82, 2.24) is 0 Å². The molecule has 0 aromatic heterocycles. The van der Waals surface area contributed by atoms with E-state index in [1.807, 2.05) is 86.6 Å². The van der Waals surface area contributed by atoms with Crippen molar-refractivity contribution in [2.24, 2.45) is 5.16 Å². The van der Waals surface area contributed by atoms with Crippen LogP contribution in [0, 0.1) is 6.92 Å². The number of rotatable bonds is 7. The van der Waals surface area contributed by atoms with Gasteiger partial charge in [-0.2, -0.15) is 0 Å². The second kappa shape index (κ2) is 9.30. The highest BCUT2D eigenvalue weighted by Gasteiger charge is 2.26. The van der Waals surface area contributed by atoms with Gasteiger partial charge in [0.05, 0.1) is 12.2 Å². The summed E-state index contributed by atoms with van der Waals surface area (Å²) in [5, 5.41) is 3.98. The third-order valence-corrected chi connectivity index (χ3v) is 4.84. The Morgan fingerprint density at radius 2 is 1.71 bits per heavy atom. The lowest BCUT2D eigenvalue weighted by Crippen LogP contribution is -2.07. The molecule has 156 valence electrons. The second-order valence-corrected chi connectivity index (χ2v) is 7.16. The SMILES string of the molecule is CCOc1cc(/C=C2\C(=O)ON=C2c2ccc(C)cc2)ccc1OCc1ccccc1. The normalized spacial score (nSPS) is 14.3.